The predicted molar refractivity (Wildman–Crippen MR) is 57.3 cm³/mol. The minimum Gasteiger partial charge on any atom is -0.294 e. The molecule has 0 bridgehead atoms. The fourth-order valence-corrected chi connectivity index (χ4v) is 1.85. The molecule has 72 valence electrons. The van der Waals surface area contributed by atoms with E-state index in [0.717, 1.165) is 24.8 Å². The van der Waals surface area contributed by atoms with Crippen LogP contribution in [0.4, 0.5) is 0 Å². The van der Waals surface area contributed by atoms with Crippen molar-refractivity contribution < 1.29 is 4.79 Å². The second-order valence-corrected chi connectivity index (χ2v) is 3.70. The minimum absolute atomic E-state index is 0.117. The molecule has 1 atom stereocenters. The van der Waals surface area contributed by atoms with E-state index in [2.05, 4.69) is 12.2 Å². The molecule has 1 aliphatic carbocycles. The molecule has 1 heteroatoms. The fraction of sp³-hybridized carbons (Fsp3) is 0.308. The smallest absolute Gasteiger partial charge is 0.169 e. The van der Waals surface area contributed by atoms with Crippen molar-refractivity contribution in [1.82, 2.24) is 0 Å². The molecule has 0 saturated carbocycles. The molecule has 1 aromatic rings. The maximum absolute atomic E-state index is 11.9. The van der Waals surface area contributed by atoms with Gasteiger partial charge < -0.3 is 0 Å². The summed E-state index contributed by atoms with van der Waals surface area (Å²) in [5.74, 6) is 0.382. The molecule has 0 aromatic heterocycles. The molecule has 1 nitrogen and oxygen atoms in total. The number of ketones is 1. The van der Waals surface area contributed by atoms with E-state index in [1.54, 1.807) is 0 Å². The molecule has 0 spiro atoms. The minimum atomic E-state index is 0.117. The standard InChI is InChI=1S/C13H14O/c14-13(11-7-3-1-4-8-11)12-9-5-2-6-10-12/h1,3-5,7-9,12H,2,6,10H2. The molecule has 14 heavy (non-hydrogen) atoms. The Bertz CT molecular complexity index is 338. The van der Waals surface area contributed by atoms with Crippen LogP contribution in [-0.2, 0) is 0 Å². The Morgan fingerprint density at radius 1 is 1.21 bits per heavy atom. The third-order valence-corrected chi connectivity index (χ3v) is 2.65. The Morgan fingerprint density at radius 3 is 2.64 bits per heavy atom. The largest absolute Gasteiger partial charge is 0.294 e. The van der Waals surface area contributed by atoms with Gasteiger partial charge in [-0.2, -0.15) is 0 Å². The van der Waals surface area contributed by atoms with E-state index in [1.165, 1.54) is 0 Å². The molecular weight excluding hydrogens is 172 g/mol. The Morgan fingerprint density at radius 2 is 2.00 bits per heavy atom. The van der Waals surface area contributed by atoms with Crippen LogP contribution >= 0.6 is 0 Å². The van der Waals surface area contributed by atoms with Gasteiger partial charge in [0.15, 0.2) is 5.78 Å². The second-order valence-electron chi connectivity index (χ2n) is 3.70. The first-order chi connectivity index (χ1) is 6.88. The van der Waals surface area contributed by atoms with Crippen LogP contribution in [-0.4, -0.2) is 5.78 Å². The zero-order valence-corrected chi connectivity index (χ0v) is 8.15. The van der Waals surface area contributed by atoms with E-state index in [9.17, 15) is 4.79 Å². The van der Waals surface area contributed by atoms with Crippen LogP contribution in [0.2, 0.25) is 0 Å². The van der Waals surface area contributed by atoms with Gasteiger partial charge in [0, 0.05) is 11.5 Å². The number of carbonyl (C=O) groups is 1. The summed E-state index contributed by atoms with van der Waals surface area (Å²) >= 11 is 0. The maximum Gasteiger partial charge on any atom is 0.169 e. The Hall–Kier alpha value is -1.37. The van der Waals surface area contributed by atoms with Crippen LogP contribution < -0.4 is 0 Å². The molecule has 1 unspecified atom stereocenters. The van der Waals surface area contributed by atoms with Crippen molar-refractivity contribution in [3.63, 3.8) is 0 Å². The van der Waals surface area contributed by atoms with Crippen LogP contribution in [0.25, 0.3) is 0 Å². The Balaban J connectivity index is 2.16. The summed E-state index contributed by atoms with van der Waals surface area (Å²) in [6.07, 6.45) is 7.44. The fourth-order valence-electron chi connectivity index (χ4n) is 1.85. The molecule has 0 N–H and O–H groups in total. The van der Waals surface area contributed by atoms with Crippen molar-refractivity contribution >= 4 is 5.78 Å². The first-order valence-electron chi connectivity index (χ1n) is 5.14. The first-order valence-corrected chi connectivity index (χ1v) is 5.14. The van der Waals surface area contributed by atoms with Gasteiger partial charge in [-0.15, -0.1) is 0 Å². The lowest BCUT2D eigenvalue weighted by Gasteiger charge is -2.14. The number of carbonyl (C=O) groups excluding carboxylic acids is 1. The van der Waals surface area contributed by atoms with Crippen LogP contribution in [0, 0.1) is 5.92 Å². The second kappa shape index (κ2) is 4.23. The van der Waals surface area contributed by atoms with E-state index in [-0.39, 0.29) is 11.7 Å². The van der Waals surface area contributed by atoms with Gasteiger partial charge in [0.1, 0.15) is 0 Å². The topological polar surface area (TPSA) is 17.1 Å². The quantitative estimate of drug-likeness (QED) is 0.512. The summed E-state index contributed by atoms with van der Waals surface area (Å²) in [4.78, 5) is 11.9. The van der Waals surface area contributed by atoms with E-state index in [0.29, 0.717) is 0 Å². The Kier molecular flexibility index (Phi) is 2.78. The zero-order chi connectivity index (χ0) is 9.80. The SMILES string of the molecule is O=C(c1ccccc1)C1C=CCCC1. The molecule has 1 aliphatic rings. The third kappa shape index (κ3) is 1.92. The Labute approximate surface area is 84.5 Å². The molecule has 2 rings (SSSR count). The van der Waals surface area contributed by atoms with E-state index in [4.69, 9.17) is 0 Å². The van der Waals surface area contributed by atoms with Gasteiger partial charge in [-0.1, -0.05) is 42.5 Å². The van der Waals surface area contributed by atoms with Crippen molar-refractivity contribution in [2.45, 2.75) is 19.3 Å². The lowest BCUT2D eigenvalue weighted by atomic mass is 9.89. The molecule has 0 fully saturated rings. The molecule has 0 aliphatic heterocycles. The first kappa shape index (κ1) is 9.20. The molecular formula is C13H14O. The van der Waals surface area contributed by atoms with Gasteiger partial charge in [-0.3, -0.25) is 4.79 Å². The van der Waals surface area contributed by atoms with Gasteiger partial charge in [0.05, 0.1) is 0 Å². The number of rotatable bonds is 2. The molecule has 0 radical (unpaired) electrons. The summed E-state index contributed by atoms with van der Waals surface area (Å²) in [5.41, 5.74) is 0.837. The molecule has 1 aromatic carbocycles. The number of hydrogen-bond acceptors (Lipinski definition) is 1. The van der Waals surface area contributed by atoms with Gasteiger partial charge in [-0.25, -0.2) is 0 Å². The van der Waals surface area contributed by atoms with Crippen molar-refractivity contribution in [2.24, 2.45) is 5.92 Å². The maximum atomic E-state index is 11.9. The van der Waals surface area contributed by atoms with E-state index in [1.807, 2.05) is 30.3 Å². The summed E-state index contributed by atoms with van der Waals surface area (Å²) in [5, 5.41) is 0. The van der Waals surface area contributed by atoms with Crippen LogP contribution in [0.5, 0.6) is 0 Å². The normalized spacial score (nSPS) is 20.7. The van der Waals surface area contributed by atoms with Gasteiger partial charge in [0.2, 0.25) is 0 Å². The third-order valence-electron chi connectivity index (χ3n) is 2.65. The summed E-state index contributed by atoms with van der Waals surface area (Å²) < 4.78 is 0. The molecule has 0 heterocycles. The van der Waals surface area contributed by atoms with Crippen molar-refractivity contribution in [2.75, 3.05) is 0 Å². The van der Waals surface area contributed by atoms with Crippen LogP contribution in [0.3, 0.4) is 0 Å². The zero-order valence-electron chi connectivity index (χ0n) is 8.15. The number of benzene rings is 1. The number of hydrogen-bond donors (Lipinski definition) is 0. The van der Waals surface area contributed by atoms with E-state index >= 15 is 0 Å². The van der Waals surface area contributed by atoms with Crippen molar-refractivity contribution in [1.29, 1.82) is 0 Å². The lowest BCUT2D eigenvalue weighted by Crippen LogP contribution is -2.14. The number of Topliss-reactive ketones (excluding diaryl/α,β-unsaturated/α-hetero) is 1. The van der Waals surface area contributed by atoms with Crippen LogP contribution in [0.1, 0.15) is 29.6 Å². The average Bonchev–Trinajstić information content (AvgIpc) is 2.30. The summed E-state index contributed by atoms with van der Waals surface area (Å²) in [7, 11) is 0. The monoisotopic (exact) mass is 186 g/mol. The van der Waals surface area contributed by atoms with Gasteiger partial charge >= 0.3 is 0 Å². The highest BCUT2D eigenvalue weighted by Gasteiger charge is 2.18. The van der Waals surface area contributed by atoms with Crippen LogP contribution in [0.15, 0.2) is 42.5 Å². The number of allylic oxidation sites excluding steroid dienone is 2. The highest BCUT2D eigenvalue weighted by atomic mass is 16.1. The van der Waals surface area contributed by atoms with Crippen molar-refractivity contribution in [3.8, 4) is 0 Å². The average molecular weight is 186 g/mol. The lowest BCUT2D eigenvalue weighted by molar-refractivity contribution is 0.0937. The van der Waals surface area contributed by atoms with Gasteiger partial charge in [-0.05, 0) is 19.3 Å². The summed E-state index contributed by atoms with van der Waals surface area (Å²) in [6, 6.07) is 9.56. The van der Waals surface area contributed by atoms with Crippen molar-refractivity contribution in [3.05, 3.63) is 48.0 Å². The summed E-state index contributed by atoms with van der Waals surface area (Å²) in [6.45, 7) is 0. The molecule has 0 saturated heterocycles. The van der Waals surface area contributed by atoms with Gasteiger partial charge in [0.25, 0.3) is 0 Å². The predicted octanol–water partition coefficient (Wildman–Crippen LogP) is 3.23. The highest BCUT2D eigenvalue weighted by Crippen LogP contribution is 2.21. The van der Waals surface area contributed by atoms with E-state index < -0.39 is 0 Å². The molecule has 0 amide bonds. The highest BCUT2D eigenvalue weighted by molar-refractivity contribution is 5.98.